The first-order valence-electron chi connectivity index (χ1n) is 6.21. The molecule has 0 aromatic rings. The molecule has 0 aromatic heterocycles. The summed E-state index contributed by atoms with van der Waals surface area (Å²) in [4.78, 5) is 33.7. The van der Waals surface area contributed by atoms with Crippen LogP contribution >= 0.6 is 0 Å². The number of carbonyl (C=O) groups excluding carboxylic acids is 2. The summed E-state index contributed by atoms with van der Waals surface area (Å²) in [5.74, 6) is -1.18. The number of nitrogens with one attached hydrogen (secondary N) is 3. The lowest BCUT2D eigenvalue weighted by Gasteiger charge is -2.20. The lowest BCUT2D eigenvalue weighted by atomic mass is 10.1. The molecule has 0 aliphatic heterocycles. The third kappa shape index (κ3) is 5.15. The highest BCUT2D eigenvalue weighted by Crippen LogP contribution is 2.45. The second-order valence-electron chi connectivity index (χ2n) is 5.92. The van der Waals surface area contributed by atoms with Crippen LogP contribution in [-0.4, -0.2) is 41.6 Å². The standard InChI is InChI=1S/C12H21N3O4/c1-11(2,3)15-8(16)6-13-10(19)14-7-12(4-5-12)9(17)18/h4-7H2,1-3H3,(H,15,16)(H,17,18)(H2,13,14,19). The summed E-state index contributed by atoms with van der Waals surface area (Å²) in [5, 5.41) is 16.5. The van der Waals surface area contributed by atoms with Crippen LogP contribution in [0.15, 0.2) is 0 Å². The van der Waals surface area contributed by atoms with Gasteiger partial charge >= 0.3 is 12.0 Å². The molecular weight excluding hydrogens is 250 g/mol. The van der Waals surface area contributed by atoms with Crippen LogP contribution in [0.5, 0.6) is 0 Å². The fraction of sp³-hybridized carbons (Fsp3) is 0.750. The van der Waals surface area contributed by atoms with Crippen LogP contribution in [-0.2, 0) is 9.59 Å². The highest BCUT2D eigenvalue weighted by Gasteiger charge is 2.50. The van der Waals surface area contributed by atoms with Crippen LogP contribution in [0.2, 0.25) is 0 Å². The van der Waals surface area contributed by atoms with E-state index in [1.165, 1.54) is 0 Å². The molecule has 19 heavy (non-hydrogen) atoms. The molecule has 1 aliphatic rings. The van der Waals surface area contributed by atoms with Crippen molar-refractivity contribution in [3.63, 3.8) is 0 Å². The number of carboxylic acids is 1. The Labute approximate surface area is 112 Å². The Morgan fingerprint density at radius 2 is 1.74 bits per heavy atom. The molecule has 7 nitrogen and oxygen atoms in total. The number of carboxylic acid groups (broad SMARTS) is 1. The van der Waals surface area contributed by atoms with E-state index in [2.05, 4.69) is 16.0 Å². The van der Waals surface area contributed by atoms with Crippen molar-refractivity contribution in [1.29, 1.82) is 0 Å². The van der Waals surface area contributed by atoms with Gasteiger partial charge in [0, 0.05) is 12.1 Å². The number of hydrogen-bond acceptors (Lipinski definition) is 3. The van der Waals surface area contributed by atoms with Crippen LogP contribution in [0.3, 0.4) is 0 Å². The largest absolute Gasteiger partial charge is 0.481 e. The minimum Gasteiger partial charge on any atom is -0.481 e. The summed E-state index contributed by atoms with van der Waals surface area (Å²) in [6.07, 6.45) is 1.15. The van der Waals surface area contributed by atoms with Crippen molar-refractivity contribution in [3.8, 4) is 0 Å². The normalized spacial score (nSPS) is 16.4. The number of urea groups is 1. The highest BCUT2D eigenvalue weighted by atomic mass is 16.4. The van der Waals surface area contributed by atoms with Crippen molar-refractivity contribution in [2.24, 2.45) is 5.41 Å². The van der Waals surface area contributed by atoms with Crippen molar-refractivity contribution in [3.05, 3.63) is 0 Å². The molecule has 1 fully saturated rings. The van der Waals surface area contributed by atoms with E-state index >= 15 is 0 Å². The summed E-state index contributed by atoms with van der Waals surface area (Å²) in [6, 6.07) is -0.531. The van der Waals surface area contributed by atoms with Gasteiger partial charge in [0.05, 0.1) is 12.0 Å². The molecule has 7 heteroatoms. The van der Waals surface area contributed by atoms with Gasteiger partial charge in [-0.05, 0) is 33.6 Å². The number of rotatable bonds is 5. The molecule has 0 aromatic carbocycles. The van der Waals surface area contributed by atoms with Gasteiger partial charge in [-0.25, -0.2) is 4.79 Å². The van der Waals surface area contributed by atoms with Gasteiger partial charge in [0.25, 0.3) is 0 Å². The van der Waals surface area contributed by atoms with Crippen molar-refractivity contribution < 1.29 is 19.5 Å². The number of amides is 3. The van der Waals surface area contributed by atoms with E-state index in [9.17, 15) is 14.4 Å². The second kappa shape index (κ2) is 5.46. The fourth-order valence-electron chi connectivity index (χ4n) is 1.55. The van der Waals surface area contributed by atoms with Gasteiger partial charge in [0.1, 0.15) is 0 Å². The molecule has 0 bridgehead atoms. The summed E-state index contributed by atoms with van der Waals surface area (Å²) >= 11 is 0. The molecule has 0 heterocycles. The Hall–Kier alpha value is -1.79. The molecule has 3 amide bonds. The number of carbonyl (C=O) groups is 3. The smallest absolute Gasteiger partial charge is 0.315 e. The zero-order valence-corrected chi connectivity index (χ0v) is 11.5. The molecule has 1 aliphatic carbocycles. The molecule has 108 valence electrons. The molecule has 4 N–H and O–H groups in total. The Balaban J connectivity index is 2.22. The molecule has 0 spiro atoms. The van der Waals surface area contributed by atoms with Crippen molar-refractivity contribution in [1.82, 2.24) is 16.0 Å². The maximum Gasteiger partial charge on any atom is 0.315 e. The zero-order chi connectivity index (χ0) is 14.7. The third-order valence-electron chi connectivity index (χ3n) is 2.82. The first-order valence-corrected chi connectivity index (χ1v) is 6.21. The summed E-state index contributed by atoms with van der Waals surface area (Å²) in [6.45, 7) is 5.48. The molecule has 0 unspecified atom stereocenters. The van der Waals surface area contributed by atoms with E-state index in [4.69, 9.17) is 5.11 Å². The Morgan fingerprint density at radius 3 is 2.16 bits per heavy atom. The van der Waals surface area contributed by atoms with Gasteiger partial charge in [0.15, 0.2) is 0 Å². The topological polar surface area (TPSA) is 108 Å². The Morgan fingerprint density at radius 1 is 1.16 bits per heavy atom. The lowest BCUT2D eigenvalue weighted by molar-refractivity contribution is -0.143. The minimum atomic E-state index is -0.890. The quantitative estimate of drug-likeness (QED) is 0.567. The number of hydrogen-bond donors (Lipinski definition) is 4. The zero-order valence-electron chi connectivity index (χ0n) is 11.5. The van der Waals surface area contributed by atoms with E-state index in [1.807, 2.05) is 20.8 Å². The van der Waals surface area contributed by atoms with Crippen LogP contribution in [0, 0.1) is 5.41 Å². The van der Waals surface area contributed by atoms with E-state index in [1.54, 1.807) is 0 Å². The van der Waals surface area contributed by atoms with E-state index < -0.39 is 17.4 Å². The molecule has 0 radical (unpaired) electrons. The lowest BCUT2D eigenvalue weighted by Crippen LogP contribution is -2.48. The van der Waals surface area contributed by atoms with E-state index in [0.717, 1.165) is 0 Å². The fourth-order valence-corrected chi connectivity index (χ4v) is 1.55. The first kappa shape index (κ1) is 15.3. The van der Waals surface area contributed by atoms with Crippen LogP contribution in [0.4, 0.5) is 4.79 Å². The predicted molar refractivity (Wildman–Crippen MR) is 68.6 cm³/mol. The van der Waals surface area contributed by atoms with Gasteiger partial charge in [-0.1, -0.05) is 0 Å². The monoisotopic (exact) mass is 271 g/mol. The van der Waals surface area contributed by atoms with Gasteiger partial charge < -0.3 is 21.1 Å². The second-order valence-corrected chi connectivity index (χ2v) is 5.92. The van der Waals surface area contributed by atoms with E-state index in [-0.39, 0.29) is 24.5 Å². The van der Waals surface area contributed by atoms with Gasteiger partial charge in [0.2, 0.25) is 5.91 Å². The molecular formula is C12H21N3O4. The predicted octanol–water partition coefficient (Wildman–Crippen LogP) is 0.0651. The molecule has 1 rings (SSSR count). The first-order chi connectivity index (χ1) is 8.65. The maximum atomic E-state index is 11.4. The Bertz CT molecular complexity index is 383. The third-order valence-corrected chi connectivity index (χ3v) is 2.82. The molecule has 0 atom stereocenters. The van der Waals surface area contributed by atoms with Crippen LogP contribution in [0.1, 0.15) is 33.6 Å². The summed E-state index contributed by atoms with van der Waals surface area (Å²) in [7, 11) is 0. The SMILES string of the molecule is CC(C)(C)NC(=O)CNC(=O)NCC1(C(=O)O)CC1. The summed E-state index contributed by atoms with van der Waals surface area (Å²) in [5.41, 5.74) is -1.15. The molecule has 1 saturated carbocycles. The van der Waals surface area contributed by atoms with Crippen molar-refractivity contribution in [2.75, 3.05) is 13.1 Å². The van der Waals surface area contributed by atoms with Gasteiger partial charge in [-0.2, -0.15) is 0 Å². The number of aliphatic carboxylic acids is 1. The maximum absolute atomic E-state index is 11.4. The van der Waals surface area contributed by atoms with Crippen LogP contribution in [0.25, 0.3) is 0 Å². The average molecular weight is 271 g/mol. The Kier molecular flexibility index (Phi) is 4.39. The molecule has 0 saturated heterocycles. The minimum absolute atomic E-state index is 0.0923. The summed E-state index contributed by atoms with van der Waals surface area (Å²) < 4.78 is 0. The van der Waals surface area contributed by atoms with Crippen molar-refractivity contribution in [2.45, 2.75) is 39.2 Å². The average Bonchev–Trinajstić information content (AvgIpc) is 3.02. The van der Waals surface area contributed by atoms with Crippen molar-refractivity contribution >= 4 is 17.9 Å². The highest BCUT2D eigenvalue weighted by molar-refractivity contribution is 5.85. The van der Waals surface area contributed by atoms with E-state index in [0.29, 0.717) is 12.8 Å². The van der Waals surface area contributed by atoms with Gasteiger partial charge in [-0.3, -0.25) is 9.59 Å². The van der Waals surface area contributed by atoms with Gasteiger partial charge in [-0.15, -0.1) is 0 Å². The van der Waals surface area contributed by atoms with Crippen LogP contribution < -0.4 is 16.0 Å².